The number of allylic oxidation sites excluding steroid dienone is 3. The Morgan fingerprint density at radius 1 is 1.22 bits per heavy atom. The molecule has 0 radical (unpaired) electrons. The van der Waals surface area contributed by atoms with Crippen molar-refractivity contribution < 1.29 is 13.9 Å². The van der Waals surface area contributed by atoms with Crippen molar-refractivity contribution in [2.24, 2.45) is 10.9 Å². The van der Waals surface area contributed by atoms with Gasteiger partial charge < -0.3 is 10.1 Å². The van der Waals surface area contributed by atoms with Gasteiger partial charge in [0.1, 0.15) is 11.9 Å². The summed E-state index contributed by atoms with van der Waals surface area (Å²) in [5.41, 5.74) is 1.85. The van der Waals surface area contributed by atoms with Crippen molar-refractivity contribution in [3.05, 3.63) is 59.4 Å². The number of hydrogen-bond acceptors (Lipinski definition) is 4. The lowest BCUT2D eigenvalue weighted by atomic mass is 9.84. The van der Waals surface area contributed by atoms with E-state index >= 15 is 4.39 Å². The molecule has 4 rings (SSSR count). The Labute approximate surface area is 190 Å². The van der Waals surface area contributed by atoms with E-state index in [4.69, 9.17) is 4.74 Å². The molecule has 1 saturated heterocycles. The third-order valence-corrected chi connectivity index (χ3v) is 6.75. The summed E-state index contributed by atoms with van der Waals surface area (Å²) in [6, 6.07) is 4.78. The van der Waals surface area contributed by atoms with Crippen molar-refractivity contribution in [1.29, 1.82) is 0 Å². The molecule has 0 bridgehead atoms. The largest absolute Gasteiger partial charge is 0.379 e. The van der Waals surface area contributed by atoms with Gasteiger partial charge >= 0.3 is 0 Å². The Bertz CT molecular complexity index is 883. The lowest BCUT2D eigenvalue weighted by molar-refractivity contribution is -0.122. The minimum atomic E-state index is -0.654. The van der Waals surface area contributed by atoms with Crippen LogP contribution in [0.1, 0.15) is 50.2 Å². The number of rotatable bonds is 6. The number of ether oxygens (including phenoxy) is 1. The van der Waals surface area contributed by atoms with Gasteiger partial charge in [0.25, 0.3) is 0 Å². The molecule has 1 aliphatic carbocycles. The zero-order valence-electron chi connectivity index (χ0n) is 18.9. The first kappa shape index (κ1) is 22.9. The lowest BCUT2D eigenvalue weighted by Gasteiger charge is -2.28. The highest BCUT2D eigenvalue weighted by atomic mass is 19.1. The van der Waals surface area contributed by atoms with Crippen LogP contribution in [0.3, 0.4) is 0 Å². The first-order valence-corrected chi connectivity index (χ1v) is 11.9. The first-order chi connectivity index (χ1) is 15.6. The van der Waals surface area contributed by atoms with Crippen LogP contribution in [0, 0.1) is 11.7 Å². The second-order valence-electron chi connectivity index (χ2n) is 9.10. The molecule has 1 unspecified atom stereocenters. The molecule has 3 aliphatic rings. The van der Waals surface area contributed by atoms with Gasteiger partial charge in [-0.1, -0.05) is 43.6 Å². The van der Waals surface area contributed by atoms with Crippen LogP contribution in [0.5, 0.6) is 0 Å². The van der Waals surface area contributed by atoms with E-state index in [1.165, 1.54) is 32.1 Å². The van der Waals surface area contributed by atoms with E-state index in [2.05, 4.69) is 22.1 Å². The van der Waals surface area contributed by atoms with Crippen molar-refractivity contribution in [2.45, 2.75) is 57.7 Å². The molecule has 2 atom stereocenters. The van der Waals surface area contributed by atoms with E-state index in [9.17, 15) is 4.79 Å². The highest BCUT2D eigenvalue weighted by Crippen LogP contribution is 2.26. The van der Waals surface area contributed by atoms with Gasteiger partial charge in [-0.3, -0.25) is 14.7 Å². The zero-order valence-corrected chi connectivity index (χ0v) is 18.9. The summed E-state index contributed by atoms with van der Waals surface area (Å²) in [5, 5.41) is 3.15. The van der Waals surface area contributed by atoms with Gasteiger partial charge in [0.05, 0.1) is 18.9 Å². The van der Waals surface area contributed by atoms with Crippen LogP contribution >= 0.6 is 0 Å². The van der Waals surface area contributed by atoms with Gasteiger partial charge in [-0.05, 0) is 49.5 Å². The third kappa shape index (κ3) is 5.93. The molecule has 172 valence electrons. The Hall–Kier alpha value is -2.31. The predicted octanol–water partition coefficient (Wildman–Crippen LogP) is 4.03. The zero-order chi connectivity index (χ0) is 22.3. The number of nitrogens with one attached hydrogen (secondary N) is 1. The van der Waals surface area contributed by atoms with Crippen LogP contribution in [0.25, 0.3) is 0 Å². The summed E-state index contributed by atoms with van der Waals surface area (Å²) in [4.78, 5) is 19.8. The average Bonchev–Trinajstić information content (AvgIpc) is 3.07. The Balaban J connectivity index is 1.44. The quantitative estimate of drug-likeness (QED) is 0.728. The van der Waals surface area contributed by atoms with E-state index < -0.39 is 6.04 Å². The fourth-order valence-corrected chi connectivity index (χ4v) is 4.80. The maximum absolute atomic E-state index is 15.0. The summed E-state index contributed by atoms with van der Waals surface area (Å²) in [6.45, 7) is 5.95. The van der Waals surface area contributed by atoms with Gasteiger partial charge in [0.15, 0.2) is 0 Å². The van der Waals surface area contributed by atoms with Crippen molar-refractivity contribution in [1.82, 2.24) is 10.2 Å². The monoisotopic (exact) mass is 439 g/mol. The van der Waals surface area contributed by atoms with Crippen LogP contribution in [-0.4, -0.2) is 54.9 Å². The number of halogens is 1. The molecule has 32 heavy (non-hydrogen) atoms. The van der Waals surface area contributed by atoms with Gasteiger partial charge in [-0.2, -0.15) is 0 Å². The molecule has 2 heterocycles. The molecule has 1 aromatic rings. The lowest BCUT2D eigenvalue weighted by Crippen LogP contribution is -2.43. The second kappa shape index (κ2) is 11.0. The number of aliphatic imine (C=N–C) groups is 1. The highest BCUT2D eigenvalue weighted by Gasteiger charge is 2.25. The average molecular weight is 440 g/mol. The topological polar surface area (TPSA) is 53.9 Å². The Morgan fingerprint density at radius 2 is 2.00 bits per heavy atom. The van der Waals surface area contributed by atoms with E-state index in [0.29, 0.717) is 23.7 Å². The normalized spacial score (nSPS) is 23.4. The van der Waals surface area contributed by atoms with Crippen LogP contribution in [-0.2, 0) is 16.1 Å². The standard InChI is InChI=1S/C26H34FN3O2/c1-19(21-7-3-2-4-8-21)28-26(31)25-10-6-5-9-24(29-25)22-12-11-20(17-23(22)27)18-30-13-15-32-16-14-30/h5-6,9-12,17,19,21,25H,2-4,7-8,13-16,18H2,1H3,(H,28,31)/t19-,25?/m0/s1. The Morgan fingerprint density at radius 3 is 2.75 bits per heavy atom. The molecular weight excluding hydrogens is 405 g/mol. The molecule has 6 heteroatoms. The van der Waals surface area contributed by atoms with Gasteiger partial charge in [0.2, 0.25) is 5.91 Å². The fraction of sp³-hybridized carbons (Fsp3) is 0.538. The van der Waals surface area contributed by atoms with Crippen LogP contribution < -0.4 is 5.32 Å². The van der Waals surface area contributed by atoms with Crippen molar-refractivity contribution in [3.8, 4) is 0 Å². The second-order valence-corrected chi connectivity index (χ2v) is 9.10. The number of nitrogens with zero attached hydrogens (tertiary/aromatic N) is 2. The molecule has 0 spiro atoms. The summed E-state index contributed by atoms with van der Waals surface area (Å²) >= 11 is 0. The minimum Gasteiger partial charge on any atom is -0.379 e. The summed E-state index contributed by atoms with van der Waals surface area (Å²) < 4.78 is 20.4. The molecule has 2 fully saturated rings. The number of amides is 1. The fourth-order valence-electron chi connectivity index (χ4n) is 4.80. The summed E-state index contributed by atoms with van der Waals surface area (Å²) in [6.07, 6.45) is 13.3. The van der Waals surface area contributed by atoms with E-state index in [1.54, 1.807) is 24.3 Å². The van der Waals surface area contributed by atoms with E-state index in [-0.39, 0.29) is 17.8 Å². The highest BCUT2D eigenvalue weighted by molar-refractivity contribution is 6.10. The van der Waals surface area contributed by atoms with Crippen LogP contribution in [0.15, 0.2) is 47.5 Å². The number of carbonyl (C=O) groups is 1. The van der Waals surface area contributed by atoms with Crippen LogP contribution in [0.2, 0.25) is 0 Å². The molecule has 1 N–H and O–H groups in total. The number of morpholine rings is 1. The van der Waals surface area contributed by atoms with E-state index in [1.807, 2.05) is 18.2 Å². The van der Waals surface area contributed by atoms with Gasteiger partial charge in [-0.25, -0.2) is 4.39 Å². The number of benzene rings is 1. The maximum atomic E-state index is 15.0. The molecule has 2 aliphatic heterocycles. The van der Waals surface area contributed by atoms with Gasteiger partial charge in [0, 0.05) is 31.2 Å². The number of hydrogen-bond donors (Lipinski definition) is 1. The SMILES string of the molecule is C[C@H](NC(=O)C1C=CC=CC(c2ccc(CN3CCOCC3)cc2F)=N1)C1CCCCC1. The molecule has 1 saturated carbocycles. The van der Waals surface area contributed by atoms with Crippen molar-refractivity contribution >= 4 is 11.6 Å². The summed E-state index contributed by atoms with van der Waals surface area (Å²) in [5.74, 6) is 0.0983. The maximum Gasteiger partial charge on any atom is 0.249 e. The number of carbonyl (C=O) groups excluding carboxylic acids is 1. The predicted molar refractivity (Wildman–Crippen MR) is 125 cm³/mol. The third-order valence-electron chi connectivity index (χ3n) is 6.75. The minimum absolute atomic E-state index is 0.120. The molecular formula is C26H34FN3O2. The van der Waals surface area contributed by atoms with Crippen molar-refractivity contribution in [3.63, 3.8) is 0 Å². The van der Waals surface area contributed by atoms with Gasteiger partial charge in [-0.15, -0.1) is 0 Å². The molecule has 1 aromatic carbocycles. The molecule has 0 aromatic heterocycles. The first-order valence-electron chi connectivity index (χ1n) is 11.9. The Kier molecular flexibility index (Phi) is 7.87. The molecule has 5 nitrogen and oxygen atoms in total. The smallest absolute Gasteiger partial charge is 0.249 e. The van der Waals surface area contributed by atoms with Crippen molar-refractivity contribution in [2.75, 3.05) is 26.3 Å². The van der Waals surface area contributed by atoms with Crippen LogP contribution in [0.4, 0.5) is 4.39 Å². The van der Waals surface area contributed by atoms with E-state index in [0.717, 1.165) is 31.9 Å². The summed E-state index contributed by atoms with van der Waals surface area (Å²) in [7, 11) is 0. The molecule has 1 amide bonds.